The fourth-order valence-corrected chi connectivity index (χ4v) is 3.81. The third-order valence-corrected chi connectivity index (χ3v) is 5.05. The van der Waals surface area contributed by atoms with Gasteiger partial charge in [-0.05, 0) is 0 Å². The van der Waals surface area contributed by atoms with Gasteiger partial charge in [0.1, 0.15) is 0 Å². The van der Waals surface area contributed by atoms with Crippen LogP contribution in [-0.4, -0.2) is 0 Å². The maximum atomic E-state index is 2.24. The van der Waals surface area contributed by atoms with E-state index in [4.69, 9.17) is 0 Å². The summed E-state index contributed by atoms with van der Waals surface area (Å²) in [5.74, 6) is 0. The molecule has 0 aliphatic rings. The second kappa shape index (κ2) is 7.40. The van der Waals surface area contributed by atoms with Gasteiger partial charge in [-0.3, -0.25) is 0 Å². The van der Waals surface area contributed by atoms with E-state index in [9.17, 15) is 0 Å². The molecule has 0 aliphatic heterocycles. The second-order valence-electron chi connectivity index (χ2n) is 6.64. The Labute approximate surface area is 169 Å². The average molecular weight is 386 g/mol. The van der Waals surface area contributed by atoms with E-state index in [0.29, 0.717) is 0 Å². The van der Waals surface area contributed by atoms with Crippen LogP contribution in [0.4, 0.5) is 0 Å². The summed E-state index contributed by atoms with van der Waals surface area (Å²) in [4.78, 5) is 0. The van der Waals surface area contributed by atoms with Crippen molar-refractivity contribution >= 4 is 43.1 Å². The molecule has 0 saturated carbocycles. The first-order chi connectivity index (χ1) is 12.9. The molecule has 0 heterocycles. The van der Waals surface area contributed by atoms with E-state index in [1.54, 1.807) is 0 Å². The van der Waals surface area contributed by atoms with Gasteiger partial charge in [0.2, 0.25) is 0 Å². The Hall–Kier alpha value is -2.86. The van der Waals surface area contributed by atoms with E-state index in [1.807, 2.05) is 0 Å². The predicted octanol–water partition coefficient (Wildman–Crippen LogP) is 7.42. The van der Waals surface area contributed by atoms with Gasteiger partial charge in [-0.2, -0.15) is 0 Å². The van der Waals surface area contributed by atoms with Crippen LogP contribution >= 0.6 is 0 Å². The quantitative estimate of drug-likeness (QED) is 0.188. The summed E-state index contributed by atoms with van der Waals surface area (Å²) in [5, 5.41) is 10.8. The topological polar surface area (TPSA) is 0 Å². The summed E-state index contributed by atoms with van der Waals surface area (Å²) in [5.41, 5.74) is 0. The van der Waals surface area contributed by atoms with Gasteiger partial charge >= 0.3 is 17.1 Å². The molecule has 6 aromatic carbocycles. The van der Waals surface area contributed by atoms with E-state index in [1.165, 1.54) is 43.1 Å². The minimum absolute atomic E-state index is 0. The van der Waals surface area contributed by atoms with Gasteiger partial charge in [0.15, 0.2) is 0 Å². The van der Waals surface area contributed by atoms with Gasteiger partial charge in [-0.1, -0.05) is 72.8 Å². The van der Waals surface area contributed by atoms with Crippen LogP contribution in [0.25, 0.3) is 43.1 Å². The number of benzene rings is 4. The van der Waals surface area contributed by atoms with Crippen molar-refractivity contribution < 1.29 is 17.1 Å². The fourth-order valence-electron chi connectivity index (χ4n) is 3.81. The van der Waals surface area contributed by atoms with Gasteiger partial charge in [0.05, 0.1) is 0 Å². The SMILES string of the molecule is [Fe+2].c1ccc2c(c1)[cH-]c1ccccc12.c1ccc2c(c1)[cH-]c1ccccc12. The molecule has 0 spiro atoms. The second-order valence-corrected chi connectivity index (χ2v) is 6.64. The first kappa shape index (κ1) is 17.5. The van der Waals surface area contributed by atoms with E-state index in [2.05, 4.69) is 109 Å². The van der Waals surface area contributed by atoms with Gasteiger partial charge < -0.3 is 0 Å². The van der Waals surface area contributed by atoms with Gasteiger partial charge in [-0.25, -0.2) is 0 Å². The summed E-state index contributed by atoms with van der Waals surface area (Å²) >= 11 is 0. The van der Waals surface area contributed by atoms with E-state index >= 15 is 0 Å². The molecule has 0 unspecified atom stereocenters. The Balaban J connectivity index is 0.000000129. The first-order valence-corrected chi connectivity index (χ1v) is 8.96. The van der Waals surface area contributed by atoms with Crippen LogP contribution in [0.3, 0.4) is 0 Å². The number of fused-ring (bicyclic) bond motifs is 6. The third-order valence-electron chi connectivity index (χ3n) is 5.05. The zero-order chi connectivity index (χ0) is 17.3. The maximum absolute atomic E-state index is 2.24. The summed E-state index contributed by atoms with van der Waals surface area (Å²) in [6.45, 7) is 0. The molecule has 0 radical (unpaired) electrons. The number of rotatable bonds is 0. The van der Waals surface area contributed by atoms with Gasteiger partial charge in [0, 0.05) is 0 Å². The molecule has 0 N–H and O–H groups in total. The number of hydrogen-bond acceptors (Lipinski definition) is 0. The Morgan fingerprint density at radius 1 is 0.333 bits per heavy atom. The zero-order valence-corrected chi connectivity index (χ0v) is 15.9. The Morgan fingerprint density at radius 3 is 0.815 bits per heavy atom. The molecule has 130 valence electrons. The minimum atomic E-state index is 0. The molecule has 0 amide bonds. The maximum Gasteiger partial charge on any atom is 2.00 e. The van der Waals surface area contributed by atoms with Crippen molar-refractivity contribution in [1.82, 2.24) is 0 Å². The van der Waals surface area contributed by atoms with Crippen molar-refractivity contribution in [2.24, 2.45) is 0 Å². The van der Waals surface area contributed by atoms with Crippen LogP contribution in [0.5, 0.6) is 0 Å². The van der Waals surface area contributed by atoms with E-state index < -0.39 is 0 Å². The van der Waals surface area contributed by atoms with Crippen LogP contribution < -0.4 is 0 Å². The molecule has 0 bridgehead atoms. The van der Waals surface area contributed by atoms with Crippen LogP contribution in [0.1, 0.15) is 0 Å². The summed E-state index contributed by atoms with van der Waals surface area (Å²) in [7, 11) is 0. The standard InChI is InChI=1S/2C13H9.Fe/c2*1-3-7-12-10(5-1)9-11-6-2-4-8-13(11)12;/h2*1-9H;/q2*-1;+2. The fraction of sp³-hybridized carbons (Fsp3) is 0. The Kier molecular flexibility index (Phi) is 4.81. The third kappa shape index (κ3) is 3.17. The minimum Gasteiger partial charge on any atom is -0.126 e. The normalized spacial score (nSPS) is 10.7. The monoisotopic (exact) mass is 386 g/mol. The van der Waals surface area contributed by atoms with Crippen LogP contribution in [-0.2, 0) is 17.1 Å². The van der Waals surface area contributed by atoms with Crippen LogP contribution in [0.15, 0.2) is 109 Å². The van der Waals surface area contributed by atoms with Gasteiger partial charge in [0.25, 0.3) is 0 Å². The predicted molar refractivity (Wildman–Crippen MR) is 114 cm³/mol. The summed E-state index contributed by atoms with van der Waals surface area (Å²) < 4.78 is 0. The molecule has 0 atom stereocenters. The summed E-state index contributed by atoms with van der Waals surface area (Å²) in [6.07, 6.45) is 0. The molecule has 0 nitrogen and oxygen atoms in total. The van der Waals surface area contributed by atoms with E-state index in [0.717, 1.165) is 0 Å². The van der Waals surface area contributed by atoms with Crippen LogP contribution in [0, 0.1) is 0 Å². The van der Waals surface area contributed by atoms with Crippen LogP contribution in [0.2, 0.25) is 0 Å². The molecular formula is C26H18Fe. The van der Waals surface area contributed by atoms with Gasteiger partial charge in [-0.15, -0.1) is 79.5 Å². The van der Waals surface area contributed by atoms with Crippen molar-refractivity contribution in [1.29, 1.82) is 0 Å². The van der Waals surface area contributed by atoms with Crippen molar-refractivity contribution in [2.75, 3.05) is 0 Å². The zero-order valence-electron chi connectivity index (χ0n) is 14.7. The molecule has 6 aromatic rings. The molecule has 0 saturated heterocycles. The van der Waals surface area contributed by atoms with E-state index in [-0.39, 0.29) is 17.1 Å². The van der Waals surface area contributed by atoms with Crippen molar-refractivity contribution in [3.05, 3.63) is 109 Å². The van der Waals surface area contributed by atoms with Crippen molar-refractivity contribution in [2.45, 2.75) is 0 Å². The van der Waals surface area contributed by atoms with Crippen molar-refractivity contribution in [3.8, 4) is 0 Å². The largest absolute Gasteiger partial charge is 2.00 e. The Morgan fingerprint density at radius 2 is 0.556 bits per heavy atom. The molecule has 0 aliphatic carbocycles. The molecule has 0 fully saturated rings. The molecule has 1 heteroatoms. The Bertz CT molecular complexity index is 1130. The van der Waals surface area contributed by atoms with Crippen molar-refractivity contribution in [3.63, 3.8) is 0 Å². The number of hydrogen-bond donors (Lipinski definition) is 0. The molecule has 6 rings (SSSR count). The first-order valence-electron chi connectivity index (χ1n) is 8.96. The molecule has 27 heavy (non-hydrogen) atoms. The molecular weight excluding hydrogens is 368 g/mol. The smallest absolute Gasteiger partial charge is 0.126 e. The average Bonchev–Trinajstić information content (AvgIpc) is 3.27. The molecule has 0 aromatic heterocycles. The summed E-state index contributed by atoms with van der Waals surface area (Å²) in [6, 6.07) is 38.5.